The highest BCUT2D eigenvalue weighted by atomic mass is 16.5. The molecule has 1 aromatic heterocycles. The number of nitriles is 1. The van der Waals surface area contributed by atoms with E-state index in [1.54, 1.807) is 25.2 Å². The van der Waals surface area contributed by atoms with Gasteiger partial charge in [0.25, 0.3) is 0 Å². The first-order valence-corrected chi connectivity index (χ1v) is 9.18. The van der Waals surface area contributed by atoms with E-state index in [0.717, 1.165) is 23.7 Å². The predicted molar refractivity (Wildman–Crippen MR) is 104 cm³/mol. The summed E-state index contributed by atoms with van der Waals surface area (Å²) in [6.07, 6.45) is 3.14. The zero-order chi connectivity index (χ0) is 19.9. The third kappa shape index (κ3) is 4.23. The quantitative estimate of drug-likeness (QED) is 0.652. The summed E-state index contributed by atoms with van der Waals surface area (Å²) in [5.74, 6) is 1.86. The molecule has 0 bridgehead atoms. The number of anilines is 1. The maximum atomic E-state index is 12.2. The molecule has 2 heterocycles. The summed E-state index contributed by atoms with van der Waals surface area (Å²) < 4.78 is 10.7. The molecular formula is C19H24N6O3. The van der Waals surface area contributed by atoms with Crippen LogP contribution in [-0.2, 0) is 4.79 Å². The van der Waals surface area contributed by atoms with E-state index in [-0.39, 0.29) is 18.5 Å². The standard InChI is InChI=1S/C19H24N6O3/c1-27-16-8-14-15(9-17(16)28-2)23-12-24-19(14)22-6-5-21-11-18(26)25-7-3-4-13(25)10-20/h8-9,12-13,21H,3-7,11H2,1-2H3,(H,22,23,24)/t13-/m0/s1. The Morgan fingerprint density at radius 2 is 2.07 bits per heavy atom. The van der Waals surface area contributed by atoms with Crippen LogP contribution in [0.25, 0.3) is 10.9 Å². The molecule has 1 atom stereocenters. The second-order valence-electron chi connectivity index (χ2n) is 6.42. The molecule has 2 N–H and O–H groups in total. The summed E-state index contributed by atoms with van der Waals surface area (Å²) in [4.78, 5) is 22.4. The molecular weight excluding hydrogens is 360 g/mol. The Kier molecular flexibility index (Phi) is 6.45. The van der Waals surface area contributed by atoms with Gasteiger partial charge in [-0.1, -0.05) is 0 Å². The lowest BCUT2D eigenvalue weighted by molar-refractivity contribution is -0.130. The van der Waals surface area contributed by atoms with Crippen LogP contribution >= 0.6 is 0 Å². The molecule has 1 fully saturated rings. The van der Waals surface area contributed by atoms with Gasteiger partial charge in [-0.05, 0) is 18.9 Å². The summed E-state index contributed by atoms with van der Waals surface area (Å²) in [6, 6.07) is 5.54. The lowest BCUT2D eigenvalue weighted by atomic mass is 10.2. The van der Waals surface area contributed by atoms with Crippen molar-refractivity contribution in [3.8, 4) is 17.6 Å². The number of amides is 1. The van der Waals surface area contributed by atoms with Crippen LogP contribution in [0.1, 0.15) is 12.8 Å². The topological polar surface area (TPSA) is 112 Å². The van der Waals surface area contributed by atoms with Crippen LogP contribution in [0.15, 0.2) is 18.5 Å². The van der Waals surface area contributed by atoms with Crippen LogP contribution in [0.4, 0.5) is 5.82 Å². The van der Waals surface area contributed by atoms with Gasteiger partial charge in [0.1, 0.15) is 18.2 Å². The van der Waals surface area contributed by atoms with Gasteiger partial charge in [-0.25, -0.2) is 9.97 Å². The average molecular weight is 384 g/mol. The minimum atomic E-state index is -0.285. The maximum absolute atomic E-state index is 12.2. The van der Waals surface area contributed by atoms with E-state index in [9.17, 15) is 4.79 Å². The fourth-order valence-corrected chi connectivity index (χ4v) is 3.29. The normalized spacial score (nSPS) is 16.0. The molecule has 1 aliphatic heterocycles. The molecule has 1 aromatic carbocycles. The third-order valence-corrected chi connectivity index (χ3v) is 4.73. The lowest BCUT2D eigenvalue weighted by Gasteiger charge is -2.19. The molecule has 0 saturated carbocycles. The van der Waals surface area contributed by atoms with Crippen LogP contribution in [0, 0.1) is 11.3 Å². The first-order valence-electron chi connectivity index (χ1n) is 9.18. The van der Waals surface area contributed by atoms with Crippen LogP contribution < -0.4 is 20.1 Å². The average Bonchev–Trinajstić information content (AvgIpc) is 3.21. The largest absolute Gasteiger partial charge is 0.493 e. The van der Waals surface area contributed by atoms with E-state index in [2.05, 4.69) is 26.7 Å². The van der Waals surface area contributed by atoms with Crippen molar-refractivity contribution in [1.82, 2.24) is 20.2 Å². The van der Waals surface area contributed by atoms with Gasteiger partial charge in [-0.15, -0.1) is 0 Å². The van der Waals surface area contributed by atoms with Gasteiger partial charge in [0.05, 0.1) is 32.4 Å². The van der Waals surface area contributed by atoms with Gasteiger partial charge in [0.15, 0.2) is 11.5 Å². The SMILES string of the molecule is COc1cc2ncnc(NCCNCC(=O)N3CCC[C@H]3C#N)c2cc1OC. The zero-order valence-corrected chi connectivity index (χ0v) is 16.1. The van der Waals surface area contributed by atoms with Crippen molar-refractivity contribution < 1.29 is 14.3 Å². The first-order chi connectivity index (χ1) is 13.7. The number of carbonyl (C=O) groups excluding carboxylic acids is 1. The van der Waals surface area contributed by atoms with Gasteiger partial charge in [-0.2, -0.15) is 5.26 Å². The lowest BCUT2D eigenvalue weighted by Crippen LogP contribution is -2.41. The molecule has 1 saturated heterocycles. The number of aromatic nitrogens is 2. The van der Waals surface area contributed by atoms with Gasteiger partial charge in [0, 0.05) is 31.1 Å². The van der Waals surface area contributed by atoms with Crippen molar-refractivity contribution in [3.05, 3.63) is 18.5 Å². The summed E-state index contributed by atoms with van der Waals surface area (Å²) in [5.41, 5.74) is 0.745. The predicted octanol–water partition coefficient (Wildman–Crippen LogP) is 1.16. The molecule has 3 rings (SSSR count). The van der Waals surface area contributed by atoms with Crippen LogP contribution in [-0.4, -0.2) is 67.2 Å². The third-order valence-electron chi connectivity index (χ3n) is 4.73. The van der Waals surface area contributed by atoms with Crippen molar-refractivity contribution in [2.45, 2.75) is 18.9 Å². The van der Waals surface area contributed by atoms with Crippen molar-refractivity contribution >= 4 is 22.6 Å². The molecule has 28 heavy (non-hydrogen) atoms. The number of nitrogens with zero attached hydrogens (tertiary/aromatic N) is 4. The number of fused-ring (bicyclic) bond motifs is 1. The summed E-state index contributed by atoms with van der Waals surface area (Å²) in [7, 11) is 3.16. The maximum Gasteiger partial charge on any atom is 0.237 e. The summed E-state index contributed by atoms with van der Waals surface area (Å²) in [5, 5.41) is 16.3. The van der Waals surface area contributed by atoms with Gasteiger partial charge in [0.2, 0.25) is 5.91 Å². The molecule has 148 valence electrons. The van der Waals surface area contributed by atoms with E-state index in [1.807, 2.05) is 6.07 Å². The van der Waals surface area contributed by atoms with Gasteiger partial charge >= 0.3 is 0 Å². The Labute approximate surface area is 163 Å². The highest BCUT2D eigenvalue weighted by molar-refractivity contribution is 5.91. The zero-order valence-electron chi connectivity index (χ0n) is 16.1. The number of likely N-dealkylation sites (tertiary alicyclic amines) is 1. The second-order valence-corrected chi connectivity index (χ2v) is 6.42. The Morgan fingerprint density at radius 3 is 2.82 bits per heavy atom. The fraction of sp³-hybridized carbons (Fsp3) is 0.474. The Morgan fingerprint density at radius 1 is 1.29 bits per heavy atom. The van der Waals surface area contributed by atoms with E-state index >= 15 is 0 Å². The molecule has 0 aliphatic carbocycles. The minimum absolute atomic E-state index is 0.0339. The summed E-state index contributed by atoms with van der Waals surface area (Å²) >= 11 is 0. The first kappa shape index (κ1) is 19.6. The van der Waals surface area contributed by atoms with Crippen LogP contribution in [0.5, 0.6) is 11.5 Å². The van der Waals surface area contributed by atoms with Crippen molar-refractivity contribution in [2.24, 2.45) is 0 Å². The molecule has 0 spiro atoms. The molecule has 1 aliphatic rings. The number of carbonyl (C=O) groups is 1. The van der Waals surface area contributed by atoms with Gasteiger partial charge < -0.3 is 25.0 Å². The number of ether oxygens (including phenoxy) is 2. The number of nitrogens with one attached hydrogen (secondary N) is 2. The fourth-order valence-electron chi connectivity index (χ4n) is 3.29. The van der Waals surface area contributed by atoms with Crippen molar-refractivity contribution in [3.63, 3.8) is 0 Å². The van der Waals surface area contributed by atoms with E-state index in [1.165, 1.54) is 6.33 Å². The van der Waals surface area contributed by atoms with Crippen molar-refractivity contribution in [2.75, 3.05) is 45.7 Å². The van der Waals surface area contributed by atoms with E-state index in [4.69, 9.17) is 14.7 Å². The molecule has 9 heteroatoms. The Bertz CT molecular complexity index is 882. The van der Waals surface area contributed by atoms with E-state index < -0.39 is 0 Å². The Balaban J connectivity index is 1.54. The minimum Gasteiger partial charge on any atom is -0.493 e. The summed E-state index contributed by atoms with van der Waals surface area (Å²) in [6.45, 7) is 2.04. The van der Waals surface area contributed by atoms with E-state index in [0.29, 0.717) is 37.0 Å². The monoisotopic (exact) mass is 384 g/mol. The molecule has 2 aromatic rings. The highest BCUT2D eigenvalue weighted by Gasteiger charge is 2.27. The smallest absolute Gasteiger partial charge is 0.237 e. The Hall–Kier alpha value is -3.12. The van der Waals surface area contributed by atoms with Crippen molar-refractivity contribution in [1.29, 1.82) is 5.26 Å². The van der Waals surface area contributed by atoms with Gasteiger partial charge in [-0.3, -0.25) is 4.79 Å². The highest BCUT2D eigenvalue weighted by Crippen LogP contribution is 2.33. The molecule has 0 radical (unpaired) electrons. The van der Waals surface area contributed by atoms with Crippen LogP contribution in [0.2, 0.25) is 0 Å². The number of rotatable bonds is 8. The number of hydrogen-bond donors (Lipinski definition) is 2. The molecule has 0 unspecified atom stereocenters. The number of benzene rings is 1. The van der Waals surface area contributed by atoms with Crippen LogP contribution in [0.3, 0.4) is 0 Å². The second kappa shape index (κ2) is 9.19. The number of methoxy groups -OCH3 is 2. The molecule has 1 amide bonds. The molecule has 9 nitrogen and oxygen atoms in total. The number of hydrogen-bond acceptors (Lipinski definition) is 8.